The summed E-state index contributed by atoms with van der Waals surface area (Å²) in [4.78, 5) is 11.6. The monoisotopic (exact) mass is 206 g/mol. The zero-order valence-corrected chi connectivity index (χ0v) is 8.53. The van der Waals surface area contributed by atoms with Gasteiger partial charge in [-0.15, -0.1) is 6.58 Å². The van der Waals surface area contributed by atoms with Crippen LogP contribution in [-0.4, -0.2) is 17.1 Å². The molecule has 0 aliphatic rings. The van der Waals surface area contributed by atoms with Crippen molar-refractivity contribution in [1.82, 2.24) is 5.32 Å². The van der Waals surface area contributed by atoms with Gasteiger partial charge in [0.25, 0.3) is 5.91 Å². The topological polar surface area (TPSA) is 75.4 Å². The molecular formula is C11H14N2O2. The number of hydrogen-bond acceptors (Lipinski definition) is 3. The van der Waals surface area contributed by atoms with Crippen molar-refractivity contribution >= 4 is 11.6 Å². The van der Waals surface area contributed by atoms with E-state index in [1.165, 1.54) is 12.1 Å². The largest absolute Gasteiger partial charge is 0.506 e. The van der Waals surface area contributed by atoms with E-state index in [1.54, 1.807) is 12.1 Å². The Kier molecular flexibility index (Phi) is 3.33. The Labute approximate surface area is 88.4 Å². The zero-order chi connectivity index (χ0) is 11.4. The van der Waals surface area contributed by atoms with E-state index in [9.17, 15) is 9.90 Å². The maximum Gasteiger partial charge on any atom is 0.251 e. The standard InChI is InChI=1S/C11H14N2O2/c1-3-7(2)13-11(15)8-4-5-9(12)10(14)6-8/h3-7,14H,1,12H2,2H3,(H,13,15). The molecule has 1 amide bonds. The highest BCUT2D eigenvalue weighted by Gasteiger charge is 2.09. The van der Waals surface area contributed by atoms with E-state index in [2.05, 4.69) is 11.9 Å². The van der Waals surface area contributed by atoms with Crippen molar-refractivity contribution in [2.24, 2.45) is 0 Å². The molecule has 4 heteroatoms. The van der Waals surface area contributed by atoms with E-state index < -0.39 is 0 Å². The summed E-state index contributed by atoms with van der Waals surface area (Å²) in [6, 6.07) is 4.26. The fourth-order valence-electron chi connectivity index (χ4n) is 1.03. The van der Waals surface area contributed by atoms with Gasteiger partial charge in [0.1, 0.15) is 5.75 Å². The molecule has 0 aromatic heterocycles. The predicted octanol–water partition coefficient (Wildman–Crippen LogP) is 1.28. The van der Waals surface area contributed by atoms with Gasteiger partial charge in [0.2, 0.25) is 0 Å². The van der Waals surface area contributed by atoms with Crippen LogP contribution in [0.2, 0.25) is 0 Å². The molecule has 1 unspecified atom stereocenters. The minimum atomic E-state index is -0.266. The van der Waals surface area contributed by atoms with Gasteiger partial charge in [-0.3, -0.25) is 4.79 Å². The van der Waals surface area contributed by atoms with Gasteiger partial charge in [0, 0.05) is 11.6 Å². The molecular weight excluding hydrogens is 192 g/mol. The number of aromatic hydroxyl groups is 1. The molecule has 0 spiro atoms. The number of phenols is 1. The first-order valence-electron chi connectivity index (χ1n) is 4.56. The quantitative estimate of drug-likeness (QED) is 0.396. The van der Waals surface area contributed by atoms with Crippen LogP contribution in [0.25, 0.3) is 0 Å². The molecule has 0 radical (unpaired) electrons. The van der Waals surface area contributed by atoms with Crippen LogP contribution in [0.1, 0.15) is 17.3 Å². The number of phenolic OH excluding ortho intramolecular Hbond substituents is 1. The number of nitrogens with two attached hydrogens (primary N) is 1. The van der Waals surface area contributed by atoms with E-state index in [0.29, 0.717) is 5.56 Å². The maximum atomic E-state index is 11.6. The lowest BCUT2D eigenvalue weighted by Gasteiger charge is -2.09. The molecule has 0 saturated heterocycles. The number of anilines is 1. The Hall–Kier alpha value is -1.97. The molecule has 80 valence electrons. The number of benzene rings is 1. The first-order valence-corrected chi connectivity index (χ1v) is 4.56. The SMILES string of the molecule is C=CC(C)NC(=O)c1ccc(N)c(O)c1. The summed E-state index contributed by atoms with van der Waals surface area (Å²) >= 11 is 0. The van der Waals surface area contributed by atoms with Gasteiger partial charge in [-0.25, -0.2) is 0 Å². The van der Waals surface area contributed by atoms with Crippen molar-refractivity contribution in [3.63, 3.8) is 0 Å². The highest BCUT2D eigenvalue weighted by Crippen LogP contribution is 2.20. The van der Waals surface area contributed by atoms with Gasteiger partial charge in [0.05, 0.1) is 5.69 Å². The molecule has 0 fully saturated rings. The Morgan fingerprint density at radius 3 is 2.87 bits per heavy atom. The maximum absolute atomic E-state index is 11.6. The van der Waals surface area contributed by atoms with Crippen LogP contribution < -0.4 is 11.1 Å². The third-order valence-electron chi connectivity index (χ3n) is 2.00. The average Bonchev–Trinajstić information content (AvgIpc) is 2.21. The number of nitrogen functional groups attached to an aromatic ring is 1. The molecule has 0 saturated carbocycles. The van der Waals surface area contributed by atoms with Crippen LogP contribution in [0, 0.1) is 0 Å². The van der Waals surface area contributed by atoms with Crippen molar-refractivity contribution in [3.05, 3.63) is 36.4 Å². The summed E-state index contributed by atoms with van der Waals surface area (Å²) < 4.78 is 0. The summed E-state index contributed by atoms with van der Waals surface area (Å²) in [5.74, 6) is -0.355. The molecule has 4 nitrogen and oxygen atoms in total. The molecule has 0 aliphatic carbocycles. The second-order valence-corrected chi connectivity index (χ2v) is 3.27. The van der Waals surface area contributed by atoms with E-state index in [4.69, 9.17) is 5.73 Å². The Morgan fingerprint density at radius 1 is 1.67 bits per heavy atom. The van der Waals surface area contributed by atoms with Gasteiger partial charge >= 0.3 is 0 Å². The molecule has 1 aromatic rings. The van der Waals surface area contributed by atoms with Crippen LogP contribution >= 0.6 is 0 Å². The van der Waals surface area contributed by atoms with E-state index in [0.717, 1.165) is 0 Å². The Morgan fingerprint density at radius 2 is 2.33 bits per heavy atom. The first-order chi connectivity index (χ1) is 7.04. The van der Waals surface area contributed by atoms with E-state index >= 15 is 0 Å². The lowest BCUT2D eigenvalue weighted by molar-refractivity contribution is 0.0946. The highest BCUT2D eigenvalue weighted by molar-refractivity contribution is 5.95. The number of carbonyl (C=O) groups excluding carboxylic acids is 1. The second kappa shape index (κ2) is 4.50. The zero-order valence-electron chi connectivity index (χ0n) is 8.53. The summed E-state index contributed by atoms with van der Waals surface area (Å²) in [5, 5.41) is 12.0. The lowest BCUT2D eigenvalue weighted by Crippen LogP contribution is -2.30. The molecule has 0 heterocycles. The van der Waals surface area contributed by atoms with Gasteiger partial charge in [-0.2, -0.15) is 0 Å². The summed E-state index contributed by atoms with van der Waals surface area (Å²) in [6.07, 6.45) is 1.62. The molecule has 0 bridgehead atoms. The van der Waals surface area contributed by atoms with Crippen molar-refractivity contribution in [2.45, 2.75) is 13.0 Å². The normalized spacial score (nSPS) is 11.8. The fourth-order valence-corrected chi connectivity index (χ4v) is 1.03. The van der Waals surface area contributed by atoms with Gasteiger partial charge in [-0.05, 0) is 25.1 Å². The average molecular weight is 206 g/mol. The van der Waals surface area contributed by atoms with Crippen LogP contribution in [0.4, 0.5) is 5.69 Å². The molecule has 0 aliphatic heterocycles. The summed E-state index contributed by atoms with van der Waals surface area (Å²) in [7, 11) is 0. The Bertz CT molecular complexity index is 388. The summed E-state index contributed by atoms with van der Waals surface area (Å²) in [6.45, 7) is 5.36. The van der Waals surface area contributed by atoms with Crippen molar-refractivity contribution < 1.29 is 9.90 Å². The Balaban J connectivity index is 2.83. The molecule has 1 atom stereocenters. The number of carbonyl (C=O) groups is 1. The van der Waals surface area contributed by atoms with Crippen molar-refractivity contribution in [1.29, 1.82) is 0 Å². The molecule has 1 rings (SSSR count). The minimum Gasteiger partial charge on any atom is -0.506 e. The van der Waals surface area contributed by atoms with Gasteiger partial charge in [0.15, 0.2) is 0 Å². The highest BCUT2D eigenvalue weighted by atomic mass is 16.3. The first kappa shape index (κ1) is 11.1. The predicted molar refractivity (Wildman–Crippen MR) is 59.6 cm³/mol. The van der Waals surface area contributed by atoms with E-state index in [-0.39, 0.29) is 23.4 Å². The second-order valence-electron chi connectivity index (χ2n) is 3.27. The van der Waals surface area contributed by atoms with E-state index in [1.807, 2.05) is 6.92 Å². The lowest BCUT2D eigenvalue weighted by atomic mass is 10.1. The van der Waals surface area contributed by atoms with Crippen LogP contribution in [0.3, 0.4) is 0 Å². The smallest absolute Gasteiger partial charge is 0.251 e. The van der Waals surface area contributed by atoms with Crippen molar-refractivity contribution in [2.75, 3.05) is 5.73 Å². The number of hydrogen-bond donors (Lipinski definition) is 3. The van der Waals surface area contributed by atoms with Crippen LogP contribution in [0.5, 0.6) is 5.75 Å². The number of amides is 1. The molecule has 1 aromatic carbocycles. The fraction of sp³-hybridized carbons (Fsp3) is 0.182. The molecule has 4 N–H and O–H groups in total. The van der Waals surface area contributed by atoms with Gasteiger partial charge in [-0.1, -0.05) is 6.08 Å². The third kappa shape index (κ3) is 2.74. The van der Waals surface area contributed by atoms with Crippen LogP contribution in [-0.2, 0) is 0 Å². The van der Waals surface area contributed by atoms with Crippen molar-refractivity contribution in [3.8, 4) is 5.75 Å². The van der Waals surface area contributed by atoms with Crippen LogP contribution in [0.15, 0.2) is 30.9 Å². The number of nitrogens with one attached hydrogen (secondary N) is 1. The minimum absolute atomic E-state index is 0.0890. The number of rotatable bonds is 3. The summed E-state index contributed by atoms with van der Waals surface area (Å²) in [5.41, 5.74) is 6.04. The third-order valence-corrected chi connectivity index (χ3v) is 2.00. The molecule has 15 heavy (non-hydrogen) atoms. The van der Waals surface area contributed by atoms with Gasteiger partial charge < -0.3 is 16.2 Å².